The molecule has 0 aliphatic carbocycles. The number of phenolic OH excluding ortho intramolecular Hbond substituents is 1. The number of ketones is 1. The van der Waals surface area contributed by atoms with E-state index in [9.17, 15) is 9.90 Å². The fourth-order valence-corrected chi connectivity index (χ4v) is 4.78. The van der Waals surface area contributed by atoms with Crippen LogP contribution in [0.25, 0.3) is 0 Å². The highest BCUT2D eigenvalue weighted by Crippen LogP contribution is 2.34. The molecule has 0 amide bonds. The Morgan fingerprint density at radius 1 is 0.906 bits per heavy atom. The molecular formula is C28H32N2O2. The zero-order valence-electron chi connectivity index (χ0n) is 19.1. The Bertz CT molecular complexity index is 1050. The van der Waals surface area contributed by atoms with E-state index in [2.05, 4.69) is 60.0 Å². The summed E-state index contributed by atoms with van der Waals surface area (Å²) in [6.07, 6.45) is 0. The Hall–Kier alpha value is -2.95. The quantitative estimate of drug-likeness (QED) is 0.543. The van der Waals surface area contributed by atoms with Crippen molar-refractivity contribution in [2.45, 2.75) is 45.4 Å². The van der Waals surface area contributed by atoms with Crippen molar-refractivity contribution in [1.29, 1.82) is 0 Å². The minimum absolute atomic E-state index is 0.0961. The monoisotopic (exact) mass is 428 g/mol. The van der Waals surface area contributed by atoms with Crippen LogP contribution in [0, 0.1) is 0 Å². The van der Waals surface area contributed by atoms with E-state index >= 15 is 0 Å². The number of hydrogen-bond donors (Lipinski definition) is 1. The van der Waals surface area contributed by atoms with Crippen LogP contribution in [0.1, 0.15) is 53.9 Å². The van der Waals surface area contributed by atoms with Crippen LogP contribution in [0.2, 0.25) is 0 Å². The second kappa shape index (κ2) is 9.68. The molecule has 3 unspecified atom stereocenters. The third-order valence-corrected chi connectivity index (χ3v) is 6.54. The second-order valence-corrected chi connectivity index (χ2v) is 8.99. The molecule has 0 aromatic heterocycles. The number of piperazine rings is 1. The van der Waals surface area contributed by atoms with E-state index in [-0.39, 0.29) is 11.8 Å². The summed E-state index contributed by atoms with van der Waals surface area (Å²) in [7, 11) is 0. The van der Waals surface area contributed by atoms with Crippen LogP contribution in [0.3, 0.4) is 0 Å². The van der Waals surface area contributed by atoms with Crippen LogP contribution in [-0.4, -0.2) is 45.9 Å². The molecule has 4 nitrogen and oxygen atoms in total. The Morgan fingerprint density at radius 3 is 2.28 bits per heavy atom. The maximum absolute atomic E-state index is 12.1. The van der Waals surface area contributed by atoms with E-state index in [0.29, 0.717) is 17.8 Å². The van der Waals surface area contributed by atoms with Crippen LogP contribution < -0.4 is 0 Å². The minimum atomic E-state index is 0.0961. The summed E-state index contributed by atoms with van der Waals surface area (Å²) in [6.45, 7) is 8.97. The summed E-state index contributed by atoms with van der Waals surface area (Å²) in [6, 6.07) is 27.0. The van der Waals surface area contributed by atoms with E-state index in [1.807, 2.05) is 30.3 Å². The lowest BCUT2D eigenvalue weighted by molar-refractivity contribution is 0.0195. The molecule has 4 heteroatoms. The first-order valence-electron chi connectivity index (χ1n) is 11.4. The molecule has 32 heavy (non-hydrogen) atoms. The maximum Gasteiger partial charge on any atom is 0.159 e. The van der Waals surface area contributed by atoms with Gasteiger partial charge in [0.05, 0.1) is 6.04 Å². The average molecular weight is 429 g/mol. The van der Waals surface area contributed by atoms with Gasteiger partial charge in [-0.3, -0.25) is 14.6 Å². The van der Waals surface area contributed by atoms with E-state index in [1.165, 1.54) is 11.1 Å². The zero-order chi connectivity index (χ0) is 22.7. The molecule has 0 spiro atoms. The first kappa shape index (κ1) is 22.3. The number of aromatic hydroxyl groups is 1. The van der Waals surface area contributed by atoms with Crippen LogP contribution in [0.4, 0.5) is 0 Å². The minimum Gasteiger partial charge on any atom is -0.508 e. The van der Waals surface area contributed by atoms with Crippen molar-refractivity contribution < 1.29 is 9.90 Å². The van der Waals surface area contributed by atoms with Gasteiger partial charge in [0, 0.05) is 37.3 Å². The van der Waals surface area contributed by atoms with Crippen molar-refractivity contribution in [3.8, 4) is 5.75 Å². The van der Waals surface area contributed by atoms with Crippen LogP contribution in [-0.2, 0) is 6.54 Å². The molecule has 3 aromatic carbocycles. The van der Waals surface area contributed by atoms with Crippen molar-refractivity contribution in [2.24, 2.45) is 0 Å². The van der Waals surface area contributed by atoms with E-state index < -0.39 is 0 Å². The first-order chi connectivity index (χ1) is 15.4. The lowest BCUT2D eigenvalue weighted by Crippen LogP contribution is -2.56. The number of nitrogens with zero attached hydrogens (tertiary/aromatic N) is 2. The summed E-state index contributed by atoms with van der Waals surface area (Å²) in [5.41, 5.74) is 4.38. The molecule has 1 fully saturated rings. The van der Waals surface area contributed by atoms with Gasteiger partial charge in [0.2, 0.25) is 0 Å². The number of rotatable bonds is 6. The van der Waals surface area contributed by atoms with Gasteiger partial charge < -0.3 is 5.11 Å². The fourth-order valence-electron chi connectivity index (χ4n) is 4.78. The van der Waals surface area contributed by atoms with Crippen molar-refractivity contribution in [3.63, 3.8) is 0 Å². The smallest absolute Gasteiger partial charge is 0.159 e. The standard InChI is InChI=1S/C28H32N2O2/c1-20-18-30(21(2)17-29(20)19-23-12-14-27(32)15-13-23)28(24-8-5-4-6-9-24)26-11-7-10-25(16-26)22(3)31/h4-16,20-21,28,32H,17-19H2,1-3H3. The van der Waals surface area contributed by atoms with Gasteiger partial charge in [-0.2, -0.15) is 0 Å². The molecular weight excluding hydrogens is 396 g/mol. The molecule has 1 saturated heterocycles. The molecule has 0 radical (unpaired) electrons. The SMILES string of the molecule is CC(=O)c1cccc(C(c2ccccc2)N2CC(C)N(Cc3ccc(O)cc3)CC2C)c1. The summed E-state index contributed by atoms with van der Waals surface area (Å²) in [5.74, 6) is 0.400. The van der Waals surface area contributed by atoms with Gasteiger partial charge in [-0.05, 0) is 55.7 Å². The summed E-state index contributed by atoms with van der Waals surface area (Å²) in [5, 5.41) is 9.58. The molecule has 1 aliphatic heterocycles. The van der Waals surface area contributed by atoms with Gasteiger partial charge >= 0.3 is 0 Å². The summed E-state index contributed by atoms with van der Waals surface area (Å²) in [4.78, 5) is 17.1. The molecule has 4 rings (SSSR count). The molecule has 1 heterocycles. The van der Waals surface area contributed by atoms with Gasteiger partial charge in [0.15, 0.2) is 5.78 Å². The van der Waals surface area contributed by atoms with E-state index in [0.717, 1.165) is 30.8 Å². The van der Waals surface area contributed by atoms with Gasteiger partial charge in [-0.25, -0.2) is 0 Å². The summed E-state index contributed by atoms with van der Waals surface area (Å²) < 4.78 is 0. The molecule has 1 N–H and O–H groups in total. The molecule has 166 valence electrons. The number of Topliss-reactive ketones (excluding diaryl/α,β-unsaturated/α-hetero) is 1. The van der Waals surface area contributed by atoms with Crippen molar-refractivity contribution in [1.82, 2.24) is 9.80 Å². The Kier molecular flexibility index (Phi) is 6.73. The molecule has 3 aromatic rings. The van der Waals surface area contributed by atoms with Gasteiger partial charge in [0.25, 0.3) is 0 Å². The van der Waals surface area contributed by atoms with Crippen LogP contribution >= 0.6 is 0 Å². The number of benzene rings is 3. The second-order valence-electron chi connectivity index (χ2n) is 8.99. The Labute approximate surface area is 191 Å². The number of carbonyl (C=O) groups is 1. The zero-order valence-corrected chi connectivity index (χ0v) is 19.1. The van der Waals surface area contributed by atoms with Gasteiger partial charge in [-0.15, -0.1) is 0 Å². The van der Waals surface area contributed by atoms with Crippen molar-refractivity contribution >= 4 is 5.78 Å². The molecule has 0 bridgehead atoms. The summed E-state index contributed by atoms with van der Waals surface area (Å²) >= 11 is 0. The van der Waals surface area contributed by atoms with Crippen molar-refractivity contribution in [2.75, 3.05) is 13.1 Å². The maximum atomic E-state index is 12.1. The largest absolute Gasteiger partial charge is 0.508 e. The van der Waals surface area contributed by atoms with E-state index in [4.69, 9.17) is 0 Å². The average Bonchev–Trinajstić information content (AvgIpc) is 2.79. The third-order valence-electron chi connectivity index (χ3n) is 6.54. The normalized spacial score (nSPS) is 20.7. The Morgan fingerprint density at radius 2 is 1.59 bits per heavy atom. The van der Waals surface area contributed by atoms with Crippen LogP contribution in [0.5, 0.6) is 5.75 Å². The highest BCUT2D eigenvalue weighted by atomic mass is 16.3. The van der Waals surface area contributed by atoms with Gasteiger partial charge in [-0.1, -0.05) is 60.7 Å². The highest BCUT2D eigenvalue weighted by Gasteiger charge is 2.34. The number of phenols is 1. The fraction of sp³-hybridized carbons (Fsp3) is 0.321. The van der Waals surface area contributed by atoms with E-state index in [1.54, 1.807) is 19.1 Å². The first-order valence-corrected chi connectivity index (χ1v) is 11.4. The topological polar surface area (TPSA) is 43.8 Å². The van der Waals surface area contributed by atoms with Gasteiger partial charge in [0.1, 0.15) is 5.75 Å². The molecule has 1 aliphatic rings. The molecule has 3 atom stereocenters. The van der Waals surface area contributed by atoms with Crippen LogP contribution in [0.15, 0.2) is 78.9 Å². The van der Waals surface area contributed by atoms with Crippen molar-refractivity contribution in [3.05, 3.63) is 101 Å². The predicted octanol–water partition coefficient (Wildman–Crippen LogP) is 5.28. The lowest BCUT2D eigenvalue weighted by atomic mass is 9.92. The number of hydrogen-bond acceptors (Lipinski definition) is 4. The highest BCUT2D eigenvalue weighted by molar-refractivity contribution is 5.94. The molecule has 0 saturated carbocycles. The number of carbonyl (C=O) groups excluding carboxylic acids is 1. The third kappa shape index (κ3) is 4.93. The Balaban J connectivity index is 1.61. The predicted molar refractivity (Wildman–Crippen MR) is 129 cm³/mol. The lowest BCUT2D eigenvalue weighted by Gasteiger charge is -2.47.